The van der Waals surface area contributed by atoms with Crippen molar-refractivity contribution in [2.24, 2.45) is 0 Å². The summed E-state index contributed by atoms with van der Waals surface area (Å²) in [6, 6.07) is 13.6. The van der Waals surface area contributed by atoms with Crippen LogP contribution in [0.15, 0.2) is 42.5 Å². The smallest absolute Gasteiger partial charge is 0.123 e. The third-order valence-corrected chi connectivity index (χ3v) is 4.71. The number of nitrogens with one attached hydrogen (secondary N) is 1. The minimum absolute atomic E-state index is 0. The molecule has 0 radical (unpaired) electrons. The van der Waals surface area contributed by atoms with Crippen molar-refractivity contribution in [1.29, 1.82) is 0 Å². The lowest BCUT2D eigenvalue weighted by atomic mass is 9.86. The van der Waals surface area contributed by atoms with E-state index in [0.29, 0.717) is 11.6 Å². The summed E-state index contributed by atoms with van der Waals surface area (Å²) in [6.07, 6.45) is -0.616. The van der Waals surface area contributed by atoms with Crippen molar-refractivity contribution in [2.45, 2.75) is 45.3 Å². The van der Waals surface area contributed by atoms with Crippen LogP contribution in [0.25, 0.3) is 0 Å². The summed E-state index contributed by atoms with van der Waals surface area (Å²) in [6.45, 7) is 9.08. The molecule has 28 heavy (non-hydrogen) atoms. The minimum atomic E-state index is -0.616. The van der Waals surface area contributed by atoms with Gasteiger partial charge < -0.3 is 19.9 Å². The fourth-order valence-electron chi connectivity index (χ4n) is 2.78. The molecule has 0 amide bonds. The van der Waals surface area contributed by atoms with Gasteiger partial charge in [-0.1, -0.05) is 44.5 Å². The standard InChI is InChI=1S/C22H30ClNO3.ClH/c1-15(16-6-8-17(23)9-7-16)24-13-18(25)14-27-21-11-10-19(26-5)12-20(21)22(2,3)4;/h6-12,15,18,24-25H,13-14H2,1-5H3;1H. The summed E-state index contributed by atoms with van der Waals surface area (Å²) >= 11 is 5.92. The van der Waals surface area contributed by atoms with Crippen LogP contribution in [0.2, 0.25) is 5.02 Å². The number of aliphatic hydroxyl groups excluding tert-OH is 1. The Balaban J connectivity index is 0.00000392. The van der Waals surface area contributed by atoms with E-state index in [0.717, 1.165) is 22.6 Å². The summed E-state index contributed by atoms with van der Waals surface area (Å²) < 4.78 is 11.2. The average Bonchev–Trinajstić information content (AvgIpc) is 2.64. The van der Waals surface area contributed by atoms with Crippen LogP contribution in [0.3, 0.4) is 0 Å². The summed E-state index contributed by atoms with van der Waals surface area (Å²) in [5.74, 6) is 1.57. The molecule has 0 fully saturated rings. The van der Waals surface area contributed by atoms with Crippen molar-refractivity contribution in [3.8, 4) is 11.5 Å². The number of hydrogen-bond donors (Lipinski definition) is 2. The molecule has 0 aromatic heterocycles. The highest BCUT2D eigenvalue weighted by Gasteiger charge is 2.20. The first-order valence-electron chi connectivity index (χ1n) is 9.19. The first-order chi connectivity index (χ1) is 12.7. The molecule has 2 atom stereocenters. The van der Waals surface area contributed by atoms with Gasteiger partial charge in [0.15, 0.2) is 0 Å². The molecule has 0 aliphatic rings. The van der Waals surface area contributed by atoms with Gasteiger partial charge in [-0.3, -0.25) is 0 Å². The van der Waals surface area contributed by atoms with Gasteiger partial charge in [0, 0.05) is 23.2 Å². The summed E-state index contributed by atoms with van der Waals surface area (Å²) in [5, 5.41) is 14.4. The second-order valence-corrected chi connectivity index (χ2v) is 8.19. The number of halogens is 2. The number of methoxy groups -OCH3 is 1. The normalized spacial score (nSPS) is 13.4. The fraction of sp³-hybridized carbons (Fsp3) is 0.455. The zero-order valence-electron chi connectivity index (χ0n) is 17.2. The lowest BCUT2D eigenvalue weighted by Crippen LogP contribution is -2.33. The molecular weight excluding hydrogens is 397 g/mol. The Morgan fingerprint density at radius 2 is 1.75 bits per heavy atom. The molecule has 2 aromatic rings. The number of ether oxygens (including phenoxy) is 2. The van der Waals surface area contributed by atoms with Crippen LogP contribution in [-0.2, 0) is 5.41 Å². The zero-order valence-corrected chi connectivity index (χ0v) is 18.7. The van der Waals surface area contributed by atoms with Crippen LogP contribution in [0.4, 0.5) is 0 Å². The second kappa shape index (κ2) is 10.9. The molecule has 2 rings (SSSR count). The van der Waals surface area contributed by atoms with Gasteiger partial charge in [0.05, 0.1) is 7.11 Å². The van der Waals surface area contributed by atoms with Gasteiger partial charge in [-0.2, -0.15) is 0 Å². The largest absolute Gasteiger partial charge is 0.497 e. The zero-order chi connectivity index (χ0) is 20.0. The third-order valence-electron chi connectivity index (χ3n) is 4.46. The molecule has 0 bridgehead atoms. The Hall–Kier alpha value is -1.46. The first kappa shape index (κ1) is 24.6. The van der Waals surface area contributed by atoms with Gasteiger partial charge in [0.2, 0.25) is 0 Å². The minimum Gasteiger partial charge on any atom is -0.497 e. The first-order valence-corrected chi connectivity index (χ1v) is 9.56. The molecule has 0 saturated carbocycles. The Labute approximate surface area is 179 Å². The topological polar surface area (TPSA) is 50.7 Å². The Kier molecular flexibility index (Phi) is 9.58. The van der Waals surface area contributed by atoms with E-state index in [1.165, 1.54) is 0 Å². The van der Waals surface area contributed by atoms with Crippen molar-refractivity contribution < 1.29 is 14.6 Å². The van der Waals surface area contributed by atoms with E-state index in [9.17, 15) is 5.11 Å². The molecule has 156 valence electrons. The van der Waals surface area contributed by atoms with Gasteiger partial charge in [-0.05, 0) is 48.2 Å². The fourth-order valence-corrected chi connectivity index (χ4v) is 2.90. The average molecular weight is 428 g/mol. The van der Waals surface area contributed by atoms with E-state index in [4.69, 9.17) is 21.1 Å². The van der Waals surface area contributed by atoms with Crippen LogP contribution < -0.4 is 14.8 Å². The molecule has 0 aliphatic heterocycles. The second-order valence-electron chi connectivity index (χ2n) is 7.76. The number of benzene rings is 2. The van der Waals surface area contributed by atoms with Crippen LogP contribution in [0.1, 0.15) is 44.9 Å². The molecule has 0 saturated heterocycles. The highest BCUT2D eigenvalue weighted by molar-refractivity contribution is 6.30. The molecule has 2 aromatic carbocycles. The van der Waals surface area contributed by atoms with E-state index in [1.54, 1.807) is 7.11 Å². The lowest BCUT2D eigenvalue weighted by Gasteiger charge is -2.24. The predicted octanol–water partition coefficient (Wildman–Crippen LogP) is 5.16. The highest BCUT2D eigenvalue weighted by atomic mass is 35.5. The molecule has 0 heterocycles. The van der Waals surface area contributed by atoms with Crippen molar-refractivity contribution in [1.82, 2.24) is 5.32 Å². The van der Waals surface area contributed by atoms with E-state index in [2.05, 4.69) is 33.0 Å². The molecular formula is C22H31Cl2NO3. The number of hydrogen-bond acceptors (Lipinski definition) is 4. The van der Waals surface area contributed by atoms with E-state index >= 15 is 0 Å². The van der Waals surface area contributed by atoms with Gasteiger partial charge in [-0.25, -0.2) is 0 Å². The van der Waals surface area contributed by atoms with Crippen molar-refractivity contribution in [2.75, 3.05) is 20.3 Å². The highest BCUT2D eigenvalue weighted by Crippen LogP contribution is 2.34. The summed E-state index contributed by atoms with van der Waals surface area (Å²) in [7, 11) is 1.65. The summed E-state index contributed by atoms with van der Waals surface area (Å²) in [4.78, 5) is 0. The Morgan fingerprint density at radius 3 is 2.32 bits per heavy atom. The quantitative estimate of drug-likeness (QED) is 0.610. The number of aliphatic hydroxyl groups is 1. The molecule has 6 heteroatoms. The van der Waals surface area contributed by atoms with Crippen LogP contribution in [0, 0.1) is 0 Å². The maximum Gasteiger partial charge on any atom is 0.123 e. The molecule has 2 N–H and O–H groups in total. The van der Waals surface area contributed by atoms with Gasteiger partial charge >= 0.3 is 0 Å². The molecule has 0 aliphatic carbocycles. The lowest BCUT2D eigenvalue weighted by molar-refractivity contribution is 0.103. The van der Waals surface area contributed by atoms with Gasteiger partial charge in [0.1, 0.15) is 24.2 Å². The molecule has 0 spiro atoms. The van der Waals surface area contributed by atoms with Gasteiger partial charge in [0.25, 0.3) is 0 Å². The molecule has 4 nitrogen and oxygen atoms in total. The third kappa shape index (κ3) is 7.17. The van der Waals surface area contributed by atoms with Gasteiger partial charge in [-0.15, -0.1) is 12.4 Å². The number of rotatable bonds is 8. The maximum atomic E-state index is 10.3. The van der Waals surface area contributed by atoms with Crippen molar-refractivity contribution in [3.63, 3.8) is 0 Å². The van der Waals surface area contributed by atoms with Crippen LogP contribution >= 0.6 is 24.0 Å². The Bertz CT molecular complexity index is 730. The van der Waals surface area contributed by atoms with E-state index < -0.39 is 6.10 Å². The van der Waals surface area contributed by atoms with Crippen molar-refractivity contribution in [3.05, 3.63) is 58.6 Å². The predicted molar refractivity (Wildman–Crippen MR) is 118 cm³/mol. The Morgan fingerprint density at radius 1 is 1.11 bits per heavy atom. The SMILES string of the molecule is COc1ccc(OCC(O)CNC(C)c2ccc(Cl)cc2)c(C(C)(C)C)c1.Cl. The van der Waals surface area contributed by atoms with Crippen LogP contribution in [-0.4, -0.2) is 31.5 Å². The monoisotopic (exact) mass is 427 g/mol. The summed E-state index contributed by atoms with van der Waals surface area (Å²) in [5.41, 5.74) is 2.09. The van der Waals surface area contributed by atoms with E-state index in [1.807, 2.05) is 42.5 Å². The van der Waals surface area contributed by atoms with Crippen LogP contribution in [0.5, 0.6) is 11.5 Å². The van der Waals surface area contributed by atoms with Crippen molar-refractivity contribution >= 4 is 24.0 Å². The van der Waals surface area contributed by atoms with E-state index in [-0.39, 0.29) is 30.5 Å². The maximum absolute atomic E-state index is 10.3. The molecule has 2 unspecified atom stereocenters.